The first kappa shape index (κ1) is 19.6. The normalized spacial score (nSPS) is 36.7. The molecular formula is C26H29N3O4. The standard InChI is InChI=1S/C26H29N3O4/c1-23(2)10-8-13-15(33-23)7-6-14-17-19(27-18(13)14)24(3,4)16-12-25-9-5-11-29(25)22(32)26(16,20(17)30)28-21(25)31/h6-8,10,16,20,27,30H,5,9,11-12H2,1-4H3,(H,28,31)/t16-,20-,25-,26+/m0/s1. The SMILES string of the molecule is CC1(C)C=Cc2c(ccc3c4c([nH]c23)C(C)(C)[C@@H]2C[C@]35CCCN3C(=O)[C@]2(NC5=O)[C@H]4O)O1. The zero-order valence-corrected chi connectivity index (χ0v) is 19.4. The average molecular weight is 448 g/mol. The number of ether oxygens (including phenoxy) is 1. The van der Waals surface area contributed by atoms with Crippen molar-refractivity contribution >= 4 is 28.8 Å². The molecule has 5 aliphatic heterocycles. The van der Waals surface area contributed by atoms with Gasteiger partial charge in [0, 0.05) is 40.1 Å². The zero-order valence-electron chi connectivity index (χ0n) is 19.4. The third kappa shape index (κ3) is 1.99. The van der Waals surface area contributed by atoms with E-state index in [9.17, 15) is 14.7 Å². The number of H-pyrrole nitrogens is 1. The number of rotatable bonds is 0. The minimum absolute atomic E-state index is 0.107. The fraction of sp³-hybridized carbons (Fsp3) is 0.538. The van der Waals surface area contributed by atoms with E-state index in [0.29, 0.717) is 19.4 Å². The topological polar surface area (TPSA) is 94.7 Å². The minimum atomic E-state index is -1.33. The summed E-state index contributed by atoms with van der Waals surface area (Å²) in [6, 6.07) is 3.90. The van der Waals surface area contributed by atoms with Gasteiger partial charge in [-0.05, 0) is 57.4 Å². The number of amides is 2. The Labute approximate surface area is 192 Å². The summed E-state index contributed by atoms with van der Waals surface area (Å²) >= 11 is 0. The van der Waals surface area contributed by atoms with Crippen molar-refractivity contribution in [1.82, 2.24) is 15.2 Å². The zero-order chi connectivity index (χ0) is 23.1. The number of benzene rings is 1. The summed E-state index contributed by atoms with van der Waals surface area (Å²) in [6.45, 7) is 8.89. The summed E-state index contributed by atoms with van der Waals surface area (Å²) in [5.74, 6) is 0.354. The van der Waals surface area contributed by atoms with Gasteiger partial charge < -0.3 is 25.0 Å². The number of piperidine rings is 2. The molecule has 4 saturated heterocycles. The maximum Gasteiger partial charge on any atom is 0.252 e. The Hall–Kier alpha value is -2.80. The first-order chi connectivity index (χ1) is 15.5. The highest BCUT2D eigenvalue weighted by atomic mass is 16.5. The van der Waals surface area contributed by atoms with Crippen LogP contribution in [0.1, 0.15) is 69.9 Å². The Morgan fingerprint density at radius 1 is 1.18 bits per heavy atom. The van der Waals surface area contributed by atoms with Crippen LogP contribution in [0.25, 0.3) is 17.0 Å². The van der Waals surface area contributed by atoms with Crippen LogP contribution in [0.15, 0.2) is 18.2 Å². The predicted molar refractivity (Wildman–Crippen MR) is 123 cm³/mol. The van der Waals surface area contributed by atoms with Gasteiger partial charge in [0.2, 0.25) is 5.91 Å². The highest BCUT2D eigenvalue weighted by Gasteiger charge is 2.75. The van der Waals surface area contributed by atoms with Crippen molar-refractivity contribution in [1.29, 1.82) is 0 Å². The molecular weight excluding hydrogens is 418 g/mol. The second-order valence-electron chi connectivity index (χ2n) is 11.6. The first-order valence-electron chi connectivity index (χ1n) is 11.9. The lowest BCUT2D eigenvalue weighted by atomic mass is 9.50. The monoisotopic (exact) mass is 447 g/mol. The largest absolute Gasteiger partial charge is 0.483 e. The van der Waals surface area contributed by atoms with Crippen LogP contribution in [0, 0.1) is 5.92 Å². The molecule has 33 heavy (non-hydrogen) atoms. The highest BCUT2D eigenvalue weighted by molar-refractivity contribution is 6.07. The maximum absolute atomic E-state index is 13.9. The van der Waals surface area contributed by atoms with E-state index in [0.717, 1.165) is 39.9 Å². The van der Waals surface area contributed by atoms with E-state index >= 15 is 0 Å². The van der Waals surface area contributed by atoms with Crippen LogP contribution < -0.4 is 10.1 Å². The van der Waals surface area contributed by atoms with Gasteiger partial charge in [-0.1, -0.05) is 13.8 Å². The van der Waals surface area contributed by atoms with Gasteiger partial charge >= 0.3 is 0 Å². The molecule has 1 aromatic heterocycles. The highest BCUT2D eigenvalue weighted by Crippen LogP contribution is 2.62. The fourth-order valence-corrected chi connectivity index (χ4v) is 7.57. The molecule has 172 valence electrons. The molecule has 7 heteroatoms. The van der Waals surface area contributed by atoms with Gasteiger partial charge in [-0.15, -0.1) is 0 Å². The number of carbonyl (C=O) groups excluding carboxylic acids is 2. The van der Waals surface area contributed by atoms with E-state index in [1.807, 2.05) is 32.1 Å². The number of hydrogen-bond donors (Lipinski definition) is 3. The lowest BCUT2D eigenvalue weighted by Gasteiger charge is -2.65. The molecule has 0 radical (unpaired) electrons. The second-order valence-corrected chi connectivity index (χ2v) is 11.6. The number of aromatic amines is 1. The van der Waals surface area contributed by atoms with Gasteiger partial charge in [-0.25, -0.2) is 0 Å². The van der Waals surface area contributed by atoms with Crippen LogP contribution in [0.5, 0.6) is 5.75 Å². The van der Waals surface area contributed by atoms with Crippen molar-refractivity contribution in [2.24, 2.45) is 5.92 Å². The minimum Gasteiger partial charge on any atom is -0.483 e. The van der Waals surface area contributed by atoms with Crippen LogP contribution in [0.2, 0.25) is 0 Å². The van der Waals surface area contributed by atoms with Gasteiger partial charge in [0.25, 0.3) is 5.91 Å². The molecule has 6 heterocycles. The quantitative estimate of drug-likeness (QED) is 0.579. The van der Waals surface area contributed by atoms with E-state index in [1.54, 1.807) is 4.90 Å². The summed E-state index contributed by atoms with van der Waals surface area (Å²) in [7, 11) is 0. The number of aliphatic hydroxyl groups is 1. The van der Waals surface area contributed by atoms with Crippen molar-refractivity contribution < 1.29 is 19.4 Å². The molecule has 7 nitrogen and oxygen atoms in total. The summed E-state index contributed by atoms with van der Waals surface area (Å²) in [6.07, 6.45) is 5.07. The van der Waals surface area contributed by atoms with Crippen LogP contribution in [-0.4, -0.2) is 50.0 Å². The van der Waals surface area contributed by atoms with Gasteiger partial charge in [0.1, 0.15) is 23.0 Å². The third-order valence-electron chi connectivity index (χ3n) is 9.18. The third-order valence-corrected chi connectivity index (χ3v) is 9.18. The van der Waals surface area contributed by atoms with E-state index in [2.05, 4.69) is 30.2 Å². The number of piperazine rings is 1. The molecule has 2 aromatic rings. The van der Waals surface area contributed by atoms with Crippen molar-refractivity contribution in [2.75, 3.05) is 6.54 Å². The summed E-state index contributed by atoms with van der Waals surface area (Å²) in [5, 5.41) is 15.9. The summed E-state index contributed by atoms with van der Waals surface area (Å²) in [5.41, 5.74) is 0.564. The van der Waals surface area contributed by atoms with E-state index in [-0.39, 0.29) is 23.3 Å². The predicted octanol–water partition coefficient (Wildman–Crippen LogP) is 2.93. The Morgan fingerprint density at radius 2 is 1.97 bits per heavy atom. The van der Waals surface area contributed by atoms with E-state index < -0.39 is 22.6 Å². The van der Waals surface area contributed by atoms with E-state index in [1.165, 1.54) is 0 Å². The smallest absolute Gasteiger partial charge is 0.252 e. The molecule has 2 bridgehead atoms. The van der Waals surface area contributed by atoms with Gasteiger partial charge in [-0.3, -0.25) is 9.59 Å². The molecule has 8 rings (SSSR count). The Morgan fingerprint density at radius 3 is 2.76 bits per heavy atom. The Kier molecular flexibility index (Phi) is 3.25. The first-order valence-corrected chi connectivity index (χ1v) is 11.9. The Bertz CT molecular complexity index is 1320. The number of aromatic nitrogens is 1. The molecule has 6 aliphatic rings. The molecule has 4 atom stereocenters. The lowest BCUT2D eigenvalue weighted by Crippen LogP contribution is -2.85. The maximum atomic E-state index is 13.9. The van der Waals surface area contributed by atoms with Crippen molar-refractivity contribution in [3.8, 4) is 5.75 Å². The van der Waals surface area contributed by atoms with Crippen LogP contribution >= 0.6 is 0 Å². The molecule has 1 aromatic carbocycles. The molecule has 2 amide bonds. The number of hydrogen-bond acceptors (Lipinski definition) is 4. The van der Waals surface area contributed by atoms with E-state index in [4.69, 9.17) is 4.74 Å². The number of nitrogens with zero attached hydrogens (tertiary/aromatic N) is 1. The number of nitrogens with one attached hydrogen (secondary N) is 2. The van der Waals surface area contributed by atoms with Crippen LogP contribution in [0.4, 0.5) is 0 Å². The van der Waals surface area contributed by atoms with Crippen LogP contribution in [0.3, 0.4) is 0 Å². The molecule has 2 spiro atoms. The van der Waals surface area contributed by atoms with Gasteiger partial charge in [0.15, 0.2) is 5.54 Å². The molecule has 0 unspecified atom stereocenters. The number of aliphatic hydroxyl groups excluding tert-OH is 1. The van der Waals surface area contributed by atoms with Crippen molar-refractivity contribution in [2.45, 2.75) is 75.2 Å². The van der Waals surface area contributed by atoms with Crippen molar-refractivity contribution in [3.63, 3.8) is 0 Å². The average Bonchev–Trinajstić information content (AvgIpc) is 3.36. The summed E-state index contributed by atoms with van der Waals surface area (Å²) in [4.78, 5) is 32.7. The number of carbonyl (C=O) groups is 2. The molecule has 1 aliphatic carbocycles. The molecule has 4 fully saturated rings. The Balaban J connectivity index is 1.50. The lowest BCUT2D eigenvalue weighted by molar-refractivity contribution is -0.191. The summed E-state index contributed by atoms with van der Waals surface area (Å²) < 4.78 is 6.17. The van der Waals surface area contributed by atoms with Gasteiger partial charge in [0.05, 0.1) is 5.52 Å². The molecule has 0 saturated carbocycles. The molecule has 3 N–H and O–H groups in total. The van der Waals surface area contributed by atoms with Crippen LogP contribution in [-0.2, 0) is 15.0 Å². The van der Waals surface area contributed by atoms with Crippen molar-refractivity contribution in [3.05, 3.63) is 35.0 Å². The fourth-order valence-electron chi connectivity index (χ4n) is 7.57. The second kappa shape index (κ2) is 5.46. The number of fused-ring (bicyclic) bond motifs is 6. The van der Waals surface area contributed by atoms with Gasteiger partial charge in [-0.2, -0.15) is 0 Å².